The Labute approximate surface area is 176 Å². The summed E-state index contributed by atoms with van der Waals surface area (Å²) in [6.45, 7) is 1.85. The van der Waals surface area contributed by atoms with Crippen molar-refractivity contribution >= 4 is 23.4 Å². The van der Waals surface area contributed by atoms with Crippen LogP contribution in [0.2, 0.25) is 5.02 Å². The molecule has 0 bridgehead atoms. The molecule has 0 atom stereocenters. The van der Waals surface area contributed by atoms with Gasteiger partial charge in [0.05, 0.1) is 17.7 Å². The van der Waals surface area contributed by atoms with Gasteiger partial charge in [0.2, 0.25) is 11.8 Å². The molecule has 8 heteroatoms. The number of aryl methyl sites for hydroxylation is 1. The molecule has 1 N–H and O–H groups in total. The number of carbonyl (C=O) groups excluding carboxylic acids is 1. The Morgan fingerprint density at radius 1 is 1.20 bits per heavy atom. The van der Waals surface area contributed by atoms with Crippen molar-refractivity contribution in [2.45, 2.75) is 13.3 Å². The molecule has 4 aromatic rings. The smallest absolute Gasteiger partial charge is 0.241 e. The van der Waals surface area contributed by atoms with E-state index < -0.39 is 5.82 Å². The van der Waals surface area contributed by atoms with Crippen molar-refractivity contribution < 1.29 is 13.7 Å². The second-order valence-electron chi connectivity index (χ2n) is 6.63. The van der Waals surface area contributed by atoms with Crippen molar-refractivity contribution in [1.82, 2.24) is 15.1 Å². The van der Waals surface area contributed by atoms with Crippen LogP contribution in [-0.4, -0.2) is 21.0 Å². The molecule has 0 aliphatic rings. The van der Waals surface area contributed by atoms with Crippen LogP contribution in [0.4, 0.5) is 10.3 Å². The van der Waals surface area contributed by atoms with Crippen LogP contribution in [0.1, 0.15) is 11.1 Å². The van der Waals surface area contributed by atoms with Crippen LogP contribution in [0, 0.1) is 12.7 Å². The number of rotatable bonds is 5. The number of halogens is 2. The van der Waals surface area contributed by atoms with Gasteiger partial charge in [-0.2, -0.15) is 0 Å². The molecular formula is C22H16ClFN4O2. The van der Waals surface area contributed by atoms with Gasteiger partial charge in [0, 0.05) is 16.8 Å². The number of amides is 1. The number of anilines is 1. The average molecular weight is 423 g/mol. The first-order valence-corrected chi connectivity index (χ1v) is 9.46. The molecule has 0 aliphatic heterocycles. The van der Waals surface area contributed by atoms with Crippen LogP contribution >= 0.6 is 11.6 Å². The molecule has 30 heavy (non-hydrogen) atoms. The Hall–Kier alpha value is -3.58. The lowest BCUT2D eigenvalue weighted by atomic mass is 10.0. The Kier molecular flexibility index (Phi) is 5.54. The number of hydrogen-bond acceptors (Lipinski definition) is 5. The number of benzene rings is 2. The Morgan fingerprint density at radius 2 is 2.03 bits per heavy atom. The van der Waals surface area contributed by atoms with E-state index in [1.54, 1.807) is 48.7 Å². The van der Waals surface area contributed by atoms with Crippen molar-refractivity contribution in [2.24, 2.45) is 0 Å². The van der Waals surface area contributed by atoms with Crippen LogP contribution in [0.5, 0.6) is 0 Å². The van der Waals surface area contributed by atoms with E-state index in [-0.39, 0.29) is 29.5 Å². The summed E-state index contributed by atoms with van der Waals surface area (Å²) in [7, 11) is 0. The molecule has 2 aromatic carbocycles. The molecule has 2 heterocycles. The van der Waals surface area contributed by atoms with Gasteiger partial charge >= 0.3 is 0 Å². The molecule has 0 aliphatic carbocycles. The molecule has 1 amide bonds. The second kappa shape index (κ2) is 8.42. The molecule has 0 radical (unpaired) electrons. The van der Waals surface area contributed by atoms with E-state index in [9.17, 15) is 9.18 Å². The maximum atomic E-state index is 14.5. The lowest BCUT2D eigenvalue weighted by Crippen LogP contribution is -2.14. The number of carbonyl (C=O) groups is 1. The van der Waals surface area contributed by atoms with Gasteiger partial charge in [-0.1, -0.05) is 46.6 Å². The molecule has 2 aromatic heterocycles. The van der Waals surface area contributed by atoms with Gasteiger partial charge in [0.1, 0.15) is 17.8 Å². The molecule has 4 rings (SSSR count). The molecular weight excluding hydrogens is 407 g/mol. The highest BCUT2D eigenvalue weighted by Gasteiger charge is 2.24. The zero-order valence-corrected chi connectivity index (χ0v) is 16.7. The Morgan fingerprint density at radius 3 is 2.80 bits per heavy atom. The zero-order chi connectivity index (χ0) is 21.1. The van der Waals surface area contributed by atoms with Crippen molar-refractivity contribution in [2.75, 3.05) is 5.32 Å². The summed E-state index contributed by atoms with van der Waals surface area (Å²) >= 11 is 6.14. The van der Waals surface area contributed by atoms with E-state index in [1.807, 2.05) is 6.92 Å². The Bertz CT molecular complexity index is 1210. The van der Waals surface area contributed by atoms with E-state index in [1.165, 1.54) is 12.4 Å². The third-order valence-electron chi connectivity index (χ3n) is 4.47. The van der Waals surface area contributed by atoms with Crippen LogP contribution < -0.4 is 5.32 Å². The van der Waals surface area contributed by atoms with Crippen molar-refractivity contribution in [3.63, 3.8) is 0 Å². The topological polar surface area (TPSA) is 80.9 Å². The number of nitrogens with one attached hydrogen (secondary N) is 1. The minimum atomic E-state index is -0.460. The quantitative estimate of drug-likeness (QED) is 0.485. The number of nitrogens with zero attached hydrogens (tertiary/aromatic N) is 3. The van der Waals surface area contributed by atoms with Crippen LogP contribution in [-0.2, 0) is 11.2 Å². The lowest BCUT2D eigenvalue weighted by Gasteiger charge is -2.07. The highest BCUT2D eigenvalue weighted by atomic mass is 35.5. The third kappa shape index (κ3) is 4.06. The summed E-state index contributed by atoms with van der Waals surface area (Å²) in [6.07, 6.45) is 2.94. The maximum absolute atomic E-state index is 14.5. The summed E-state index contributed by atoms with van der Waals surface area (Å²) in [6, 6.07) is 13.4. The number of aromatic nitrogens is 3. The SMILES string of the molecule is Cc1ccc(F)c(-c2noc(NC(=O)Cc3ccccc3Cl)c2-c2ccncn2)c1. The van der Waals surface area contributed by atoms with E-state index in [0.29, 0.717) is 21.8 Å². The minimum absolute atomic E-state index is 0.0394. The minimum Gasteiger partial charge on any atom is -0.337 e. The first kappa shape index (κ1) is 19.7. The molecule has 0 unspecified atom stereocenters. The Balaban J connectivity index is 1.74. The van der Waals surface area contributed by atoms with Crippen molar-refractivity contribution in [1.29, 1.82) is 0 Å². The van der Waals surface area contributed by atoms with Crippen LogP contribution in [0.15, 0.2) is 65.6 Å². The summed E-state index contributed by atoms with van der Waals surface area (Å²) < 4.78 is 19.9. The summed E-state index contributed by atoms with van der Waals surface area (Å²) in [5.74, 6) is -0.745. The van der Waals surface area contributed by atoms with Gasteiger partial charge in [-0.3, -0.25) is 10.1 Å². The predicted molar refractivity (Wildman–Crippen MR) is 111 cm³/mol. The fraction of sp³-hybridized carbons (Fsp3) is 0.0909. The van der Waals surface area contributed by atoms with Gasteiger partial charge < -0.3 is 4.52 Å². The van der Waals surface area contributed by atoms with Gasteiger partial charge in [-0.05, 0) is 36.8 Å². The van der Waals surface area contributed by atoms with Crippen LogP contribution in [0.25, 0.3) is 22.5 Å². The molecule has 6 nitrogen and oxygen atoms in total. The van der Waals surface area contributed by atoms with E-state index in [4.69, 9.17) is 16.1 Å². The molecule has 0 spiro atoms. The normalized spacial score (nSPS) is 10.8. The summed E-state index contributed by atoms with van der Waals surface area (Å²) in [5.41, 5.74) is 2.82. The van der Waals surface area contributed by atoms with E-state index >= 15 is 0 Å². The van der Waals surface area contributed by atoms with E-state index in [0.717, 1.165) is 5.56 Å². The van der Waals surface area contributed by atoms with Crippen LogP contribution in [0.3, 0.4) is 0 Å². The third-order valence-corrected chi connectivity index (χ3v) is 4.84. The summed E-state index contributed by atoms with van der Waals surface area (Å²) in [4.78, 5) is 20.7. The van der Waals surface area contributed by atoms with Gasteiger partial charge in [0.15, 0.2) is 0 Å². The van der Waals surface area contributed by atoms with Gasteiger partial charge in [-0.15, -0.1) is 0 Å². The lowest BCUT2D eigenvalue weighted by molar-refractivity contribution is -0.115. The highest BCUT2D eigenvalue weighted by Crippen LogP contribution is 2.38. The summed E-state index contributed by atoms with van der Waals surface area (Å²) in [5, 5.41) is 7.22. The fourth-order valence-corrected chi connectivity index (χ4v) is 3.24. The standard InChI is InChI=1S/C22H16ClFN4O2/c1-13-6-7-17(24)15(10-13)21-20(18-8-9-25-12-26-18)22(30-28-21)27-19(29)11-14-4-2-3-5-16(14)23/h2-10,12H,11H2,1H3,(H,27,29). The zero-order valence-electron chi connectivity index (χ0n) is 15.9. The largest absolute Gasteiger partial charge is 0.337 e. The van der Waals surface area contributed by atoms with Crippen molar-refractivity contribution in [3.05, 3.63) is 83.0 Å². The number of hydrogen-bond donors (Lipinski definition) is 1. The second-order valence-corrected chi connectivity index (χ2v) is 7.04. The molecule has 0 saturated heterocycles. The molecule has 0 fully saturated rings. The monoisotopic (exact) mass is 422 g/mol. The van der Waals surface area contributed by atoms with Crippen molar-refractivity contribution in [3.8, 4) is 22.5 Å². The van der Waals surface area contributed by atoms with Gasteiger partial charge in [0.25, 0.3) is 0 Å². The highest BCUT2D eigenvalue weighted by molar-refractivity contribution is 6.31. The maximum Gasteiger partial charge on any atom is 0.241 e. The first-order valence-electron chi connectivity index (χ1n) is 9.09. The fourth-order valence-electron chi connectivity index (χ4n) is 3.04. The average Bonchev–Trinajstić information content (AvgIpc) is 3.15. The van der Waals surface area contributed by atoms with Gasteiger partial charge in [-0.25, -0.2) is 14.4 Å². The predicted octanol–water partition coefficient (Wildman–Crippen LogP) is 5.08. The first-order chi connectivity index (χ1) is 14.5. The molecule has 150 valence electrons. The molecule has 0 saturated carbocycles. The van der Waals surface area contributed by atoms with E-state index in [2.05, 4.69) is 20.4 Å².